The highest BCUT2D eigenvalue weighted by molar-refractivity contribution is 6.30. The number of nitrogens with zero attached hydrogens (tertiary/aromatic N) is 2. The van der Waals surface area contributed by atoms with Crippen molar-refractivity contribution in [3.8, 4) is 5.88 Å². The molecule has 0 bridgehead atoms. The van der Waals surface area contributed by atoms with E-state index in [0.717, 1.165) is 16.6 Å². The van der Waals surface area contributed by atoms with E-state index in [0.29, 0.717) is 35.0 Å². The molecule has 0 saturated carbocycles. The Morgan fingerprint density at radius 2 is 1.81 bits per heavy atom. The zero-order valence-electron chi connectivity index (χ0n) is 15.6. The van der Waals surface area contributed by atoms with Gasteiger partial charge >= 0.3 is 0 Å². The van der Waals surface area contributed by atoms with Gasteiger partial charge in [-0.1, -0.05) is 11.6 Å². The van der Waals surface area contributed by atoms with Crippen LogP contribution in [-0.4, -0.2) is 39.7 Å². The third-order valence-electron chi connectivity index (χ3n) is 4.56. The molecule has 27 heavy (non-hydrogen) atoms. The molecule has 0 saturated heterocycles. The number of fused-ring (bicyclic) bond motifs is 1. The van der Waals surface area contributed by atoms with E-state index in [4.69, 9.17) is 11.6 Å². The Balaban J connectivity index is 2.07. The first kappa shape index (κ1) is 19.0. The molecule has 3 aromatic rings. The number of H-pyrrole nitrogens is 1. The molecule has 1 amide bonds. The largest absolute Gasteiger partial charge is 0.494 e. The molecule has 0 aliphatic rings. The molecule has 0 aliphatic heterocycles. The summed E-state index contributed by atoms with van der Waals surface area (Å²) in [4.78, 5) is 22.0. The van der Waals surface area contributed by atoms with Gasteiger partial charge in [0, 0.05) is 34.6 Å². The van der Waals surface area contributed by atoms with E-state index in [1.54, 1.807) is 23.1 Å². The van der Waals surface area contributed by atoms with Gasteiger partial charge in [0.05, 0.1) is 17.0 Å². The predicted octanol–water partition coefficient (Wildman–Crippen LogP) is 5.15. The Morgan fingerprint density at radius 3 is 2.44 bits per heavy atom. The molecule has 0 spiro atoms. The number of rotatable bonds is 5. The number of hydrogen-bond acceptors (Lipinski definition) is 3. The van der Waals surface area contributed by atoms with Gasteiger partial charge in [-0.3, -0.25) is 9.79 Å². The van der Waals surface area contributed by atoms with Crippen LogP contribution in [0.25, 0.3) is 10.9 Å². The minimum absolute atomic E-state index is 0.0270. The van der Waals surface area contributed by atoms with Gasteiger partial charge in [-0.25, -0.2) is 0 Å². The van der Waals surface area contributed by atoms with Crippen LogP contribution in [0.3, 0.4) is 0 Å². The minimum atomic E-state index is -0.0270. The summed E-state index contributed by atoms with van der Waals surface area (Å²) in [7, 11) is 0. The summed E-state index contributed by atoms with van der Waals surface area (Å²) in [6.07, 6.45) is 0. The molecule has 140 valence electrons. The summed E-state index contributed by atoms with van der Waals surface area (Å²) in [5.74, 6) is 0.00786. The van der Waals surface area contributed by atoms with Gasteiger partial charge in [0.2, 0.25) is 0 Å². The molecular formula is C21H22ClN3O2. The van der Waals surface area contributed by atoms with Crippen LogP contribution in [0.15, 0.2) is 47.5 Å². The molecule has 5 nitrogen and oxygen atoms in total. The smallest absolute Gasteiger partial charge is 0.253 e. The summed E-state index contributed by atoms with van der Waals surface area (Å²) in [6.45, 7) is 7.04. The fraction of sp³-hybridized carbons (Fsp3) is 0.238. The molecule has 3 rings (SSSR count). The van der Waals surface area contributed by atoms with Crippen molar-refractivity contribution in [2.45, 2.75) is 20.8 Å². The van der Waals surface area contributed by atoms with Crippen LogP contribution in [0, 0.1) is 0 Å². The van der Waals surface area contributed by atoms with Crippen molar-refractivity contribution in [1.82, 2.24) is 9.88 Å². The molecule has 1 heterocycles. The van der Waals surface area contributed by atoms with E-state index in [1.807, 2.05) is 45.0 Å². The van der Waals surface area contributed by atoms with E-state index >= 15 is 0 Å². The first-order valence-corrected chi connectivity index (χ1v) is 9.27. The van der Waals surface area contributed by atoms with Gasteiger partial charge in [-0.15, -0.1) is 0 Å². The van der Waals surface area contributed by atoms with Crippen LogP contribution in [-0.2, 0) is 0 Å². The van der Waals surface area contributed by atoms with E-state index in [1.165, 1.54) is 0 Å². The second-order valence-corrected chi connectivity index (χ2v) is 6.70. The minimum Gasteiger partial charge on any atom is -0.494 e. The first-order chi connectivity index (χ1) is 12.9. The van der Waals surface area contributed by atoms with Gasteiger partial charge < -0.3 is 15.0 Å². The highest BCUT2D eigenvalue weighted by Crippen LogP contribution is 2.30. The Bertz CT molecular complexity index is 1000. The van der Waals surface area contributed by atoms with Gasteiger partial charge in [-0.05, 0) is 63.2 Å². The van der Waals surface area contributed by atoms with Crippen molar-refractivity contribution in [2.75, 3.05) is 13.1 Å². The van der Waals surface area contributed by atoms with Crippen molar-refractivity contribution in [3.63, 3.8) is 0 Å². The number of nitrogens with one attached hydrogen (secondary N) is 1. The quantitative estimate of drug-likeness (QED) is 0.598. The summed E-state index contributed by atoms with van der Waals surface area (Å²) in [5.41, 5.74) is 3.32. The standard InChI is InChI=1S/C21H22ClN3O2/c1-4-25(5-2)21(27)14-6-11-18-17(12-14)19(20(26)24-18)13(3)23-16-9-7-15(22)8-10-16/h6-12,24,26H,4-5H2,1-3H3. The number of halogens is 1. The SMILES string of the molecule is CCN(CC)C(=O)c1ccc2[nH]c(O)c(C(C)=Nc3ccc(Cl)cc3)c2c1. The van der Waals surface area contributed by atoms with Crippen molar-refractivity contribution >= 4 is 39.8 Å². The zero-order chi connectivity index (χ0) is 19.6. The lowest BCUT2D eigenvalue weighted by Gasteiger charge is -2.18. The highest BCUT2D eigenvalue weighted by atomic mass is 35.5. The second-order valence-electron chi connectivity index (χ2n) is 6.26. The number of carbonyl (C=O) groups is 1. The topological polar surface area (TPSA) is 68.7 Å². The Hall–Kier alpha value is -2.79. The molecule has 2 aromatic carbocycles. The fourth-order valence-electron chi connectivity index (χ4n) is 3.14. The molecule has 0 radical (unpaired) electrons. The van der Waals surface area contributed by atoms with E-state index in [-0.39, 0.29) is 11.8 Å². The lowest BCUT2D eigenvalue weighted by molar-refractivity contribution is 0.0773. The Morgan fingerprint density at radius 1 is 1.15 bits per heavy atom. The van der Waals surface area contributed by atoms with E-state index in [9.17, 15) is 9.90 Å². The molecule has 6 heteroatoms. The van der Waals surface area contributed by atoms with Gasteiger partial charge in [0.25, 0.3) is 5.91 Å². The van der Waals surface area contributed by atoms with Crippen molar-refractivity contribution < 1.29 is 9.90 Å². The van der Waals surface area contributed by atoms with Crippen molar-refractivity contribution in [1.29, 1.82) is 0 Å². The van der Waals surface area contributed by atoms with E-state index in [2.05, 4.69) is 9.98 Å². The molecule has 1 aromatic heterocycles. The zero-order valence-corrected chi connectivity index (χ0v) is 16.3. The number of hydrogen-bond donors (Lipinski definition) is 2. The summed E-state index contributed by atoms with van der Waals surface area (Å²) < 4.78 is 0. The number of benzene rings is 2. The number of aromatic hydroxyl groups is 1. The number of carbonyl (C=O) groups excluding carboxylic acids is 1. The van der Waals surface area contributed by atoms with Crippen molar-refractivity contribution in [2.24, 2.45) is 4.99 Å². The van der Waals surface area contributed by atoms with Crippen molar-refractivity contribution in [3.05, 3.63) is 58.6 Å². The summed E-state index contributed by atoms with van der Waals surface area (Å²) >= 11 is 5.92. The predicted molar refractivity (Wildman–Crippen MR) is 111 cm³/mol. The average Bonchev–Trinajstić information content (AvgIpc) is 2.99. The Kier molecular flexibility index (Phi) is 5.51. The first-order valence-electron chi connectivity index (χ1n) is 8.89. The monoisotopic (exact) mass is 383 g/mol. The number of aromatic amines is 1. The van der Waals surface area contributed by atoms with Crippen LogP contribution in [0.2, 0.25) is 5.02 Å². The molecular weight excluding hydrogens is 362 g/mol. The molecule has 0 fully saturated rings. The molecule has 0 atom stereocenters. The lowest BCUT2D eigenvalue weighted by atomic mass is 10.1. The second kappa shape index (κ2) is 7.84. The molecule has 0 aliphatic carbocycles. The van der Waals surface area contributed by atoms with Gasteiger partial charge in [-0.2, -0.15) is 0 Å². The normalized spacial score (nSPS) is 11.8. The third-order valence-corrected chi connectivity index (χ3v) is 4.81. The molecule has 2 N–H and O–H groups in total. The lowest BCUT2D eigenvalue weighted by Crippen LogP contribution is -2.30. The summed E-state index contributed by atoms with van der Waals surface area (Å²) in [6, 6.07) is 12.6. The van der Waals surface area contributed by atoms with Gasteiger partial charge in [0.1, 0.15) is 0 Å². The molecule has 0 unspecified atom stereocenters. The number of aliphatic imine (C=N–C) groups is 1. The van der Waals surface area contributed by atoms with E-state index < -0.39 is 0 Å². The van der Waals surface area contributed by atoms with Crippen LogP contribution < -0.4 is 0 Å². The Labute approximate surface area is 163 Å². The third kappa shape index (κ3) is 3.83. The average molecular weight is 384 g/mol. The maximum absolute atomic E-state index is 12.7. The van der Waals surface area contributed by atoms with Crippen LogP contribution in [0.4, 0.5) is 5.69 Å². The van der Waals surface area contributed by atoms with Crippen LogP contribution >= 0.6 is 11.6 Å². The fourth-order valence-corrected chi connectivity index (χ4v) is 3.26. The maximum atomic E-state index is 12.7. The maximum Gasteiger partial charge on any atom is 0.253 e. The number of aromatic nitrogens is 1. The highest BCUT2D eigenvalue weighted by Gasteiger charge is 2.18. The number of amides is 1. The van der Waals surface area contributed by atoms with Gasteiger partial charge in [0.15, 0.2) is 5.88 Å². The summed E-state index contributed by atoms with van der Waals surface area (Å²) in [5, 5.41) is 11.8. The van der Waals surface area contributed by atoms with Crippen LogP contribution in [0.1, 0.15) is 36.7 Å². The van der Waals surface area contributed by atoms with Crippen LogP contribution in [0.5, 0.6) is 5.88 Å².